The van der Waals surface area contributed by atoms with Crippen molar-refractivity contribution in [3.63, 3.8) is 0 Å². The van der Waals surface area contributed by atoms with E-state index >= 15 is 0 Å². The summed E-state index contributed by atoms with van der Waals surface area (Å²) in [7, 11) is 0. The third kappa shape index (κ3) is 4.13. The number of carbonyl (C=O) groups excluding carboxylic acids is 2. The Kier molecular flexibility index (Phi) is 5.82. The lowest BCUT2D eigenvalue weighted by Crippen LogP contribution is -2.36. The maximum Gasteiger partial charge on any atom is 0.239 e. The number of halogens is 2. The molecule has 0 spiro atoms. The standard InChI is InChI=1S/C21H21BrFN3O3/c22-16-3-1-2-4-18(16)26-8-7-15(21(26)28)20(27)24-14-5-6-19(17(23)13-14)25-9-11-29-12-10-25/h1-6,13,15H,7-12H2,(H,24,27). The van der Waals surface area contributed by atoms with Crippen LogP contribution in [0, 0.1) is 11.7 Å². The van der Waals surface area contributed by atoms with Crippen LogP contribution in [0.3, 0.4) is 0 Å². The Morgan fingerprint density at radius 2 is 1.86 bits per heavy atom. The first kappa shape index (κ1) is 19.8. The van der Waals surface area contributed by atoms with Gasteiger partial charge in [-0.05, 0) is 52.7 Å². The minimum Gasteiger partial charge on any atom is -0.378 e. The number of carbonyl (C=O) groups is 2. The van der Waals surface area contributed by atoms with Crippen LogP contribution in [0.25, 0.3) is 0 Å². The Hall–Kier alpha value is -2.45. The van der Waals surface area contributed by atoms with Gasteiger partial charge < -0.3 is 19.9 Å². The predicted octanol–water partition coefficient (Wildman–Crippen LogP) is 3.42. The molecule has 1 atom stereocenters. The molecule has 2 heterocycles. The van der Waals surface area contributed by atoms with E-state index in [4.69, 9.17) is 4.74 Å². The van der Waals surface area contributed by atoms with Crippen LogP contribution in [-0.4, -0.2) is 44.7 Å². The molecule has 2 aliphatic rings. The van der Waals surface area contributed by atoms with E-state index in [2.05, 4.69) is 21.2 Å². The van der Waals surface area contributed by atoms with Gasteiger partial charge in [0.15, 0.2) is 0 Å². The fourth-order valence-corrected chi connectivity index (χ4v) is 4.21. The molecular formula is C21H21BrFN3O3. The summed E-state index contributed by atoms with van der Waals surface area (Å²) in [4.78, 5) is 29.0. The molecule has 2 saturated heterocycles. The summed E-state index contributed by atoms with van der Waals surface area (Å²) in [5, 5.41) is 2.69. The molecule has 2 aliphatic heterocycles. The SMILES string of the molecule is O=C(Nc1ccc(N2CCOCC2)c(F)c1)C1CCN(c2ccccc2Br)C1=O. The molecule has 4 rings (SSSR count). The fraction of sp³-hybridized carbons (Fsp3) is 0.333. The minimum atomic E-state index is -0.788. The maximum atomic E-state index is 14.6. The third-order valence-electron chi connectivity index (χ3n) is 5.23. The number of benzene rings is 2. The van der Waals surface area contributed by atoms with Crippen molar-refractivity contribution in [2.75, 3.05) is 48.0 Å². The second kappa shape index (κ2) is 8.51. The third-order valence-corrected chi connectivity index (χ3v) is 5.90. The van der Waals surface area contributed by atoms with Crippen LogP contribution < -0.4 is 15.1 Å². The van der Waals surface area contributed by atoms with Gasteiger partial charge in [-0.3, -0.25) is 9.59 Å². The quantitative estimate of drug-likeness (QED) is 0.708. The van der Waals surface area contributed by atoms with Crippen molar-refractivity contribution in [2.45, 2.75) is 6.42 Å². The summed E-state index contributed by atoms with van der Waals surface area (Å²) in [6, 6.07) is 12.0. The minimum absolute atomic E-state index is 0.250. The van der Waals surface area contributed by atoms with Gasteiger partial charge in [0.05, 0.1) is 24.6 Å². The van der Waals surface area contributed by atoms with Crippen LogP contribution in [0.2, 0.25) is 0 Å². The number of nitrogens with zero attached hydrogens (tertiary/aromatic N) is 2. The van der Waals surface area contributed by atoms with Gasteiger partial charge >= 0.3 is 0 Å². The highest BCUT2D eigenvalue weighted by molar-refractivity contribution is 9.10. The number of nitrogens with one attached hydrogen (secondary N) is 1. The van der Waals surface area contributed by atoms with Gasteiger partial charge in [0.2, 0.25) is 11.8 Å². The lowest BCUT2D eigenvalue weighted by Gasteiger charge is -2.29. The van der Waals surface area contributed by atoms with E-state index in [-0.39, 0.29) is 5.91 Å². The second-order valence-corrected chi connectivity index (χ2v) is 7.89. The maximum absolute atomic E-state index is 14.6. The Labute approximate surface area is 176 Å². The largest absolute Gasteiger partial charge is 0.378 e. The van der Waals surface area contributed by atoms with E-state index in [0.717, 1.165) is 10.2 Å². The number of hydrogen-bond acceptors (Lipinski definition) is 4. The van der Waals surface area contributed by atoms with Gasteiger partial charge in [-0.1, -0.05) is 12.1 Å². The molecule has 0 radical (unpaired) electrons. The molecule has 152 valence electrons. The second-order valence-electron chi connectivity index (χ2n) is 7.04. The van der Waals surface area contributed by atoms with E-state index in [9.17, 15) is 14.0 Å². The first-order valence-electron chi connectivity index (χ1n) is 9.53. The van der Waals surface area contributed by atoms with Crippen LogP contribution in [0.4, 0.5) is 21.5 Å². The van der Waals surface area contributed by atoms with Crippen molar-refractivity contribution in [2.24, 2.45) is 5.92 Å². The molecule has 0 aromatic heterocycles. The highest BCUT2D eigenvalue weighted by Crippen LogP contribution is 2.32. The molecule has 2 aromatic carbocycles. The molecule has 8 heteroatoms. The monoisotopic (exact) mass is 461 g/mol. The van der Waals surface area contributed by atoms with Crippen LogP contribution in [-0.2, 0) is 14.3 Å². The lowest BCUT2D eigenvalue weighted by atomic mass is 10.1. The van der Waals surface area contributed by atoms with Crippen molar-refractivity contribution in [3.8, 4) is 0 Å². The Bertz CT molecular complexity index is 933. The average molecular weight is 462 g/mol. The summed E-state index contributed by atoms with van der Waals surface area (Å²) in [6.07, 6.45) is 0.417. The molecule has 6 nitrogen and oxygen atoms in total. The smallest absolute Gasteiger partial charge is 0.239 e. The van der Waals surface area contributed by atoms with Gasteiger partial charge in [0.25, 0.3) is 0 Å². The molecule has 0 saturated carbocycles. The zero-order chi connectivity index (χ0) is 20.4. The number of para-hydroxylation sites is 1. The predicted molar refractivity (Wildman–Crippen MR) is 113 cm³/mol. The van der Waals surface area contributed by atoms with Gasteiger partial charge in [-0.25, -0.2) is 4.39 Å². The molecule has 1 unspecified atom stereocenters. The van der Waals surface area contributed by atoms with E-state index in [1.165, 1.54) is 6.07 Å². The first-order valence-corrected chi connectivity index (χ1v) is 10.3. The zero-order valence-electron chi connectivity index (χ0n) is 15.7. The van der Waals surface area contributed by atoms with Gasteiger partial charge in [-0.2, -0.15) is 0 Å². The molecule has 29 heavy (non-hydrogen) atoms. The van der Waals surface area contributed by atoms with Crippen LogP contribution in [0.15, 0.2) is 46.9 Å². The number of anilines is 3. The van der Waals surface area contributed by atoms with Crippen molar-refractivity contribution >= 4 is 44.8 Å². The van der Waals surface area contributed by atoms with Crippen LogP contribution >= 0.6 is 15.9 Å². The number of hydrogen-bond donors (Lipinski definition) is 1. The molecule has 2 amide bonds. The Morgan fingerprint density at radius 1 is 1.10 bits per heavy atom. The Balaban J connectivity index is 1.44. The summed E-state index contributed by atoms with van der Waals surface area (Å²) < 4.78 is 20.6. The first-order chi connectivity index (χ1) is 14.0. The van der Waals surface area contributed by atoms with Gasteiger partial charge in [0, 0.05) is 29.8 Å². The highest BCUT2D eigenvalue weighted by Gasteiger charge is 2.38. The van der Waals surface area contributed by atoms with E-state index in [1.54, 1.807) is 17.0 Å². The molecule has 2 aromatic rings. The number of amides is 2. The number of morpholine rings is 1. The van der Waals surface area contributed by atoms with E-state index in [0.29, 0.717) is 50.6 Å². The molecular weight excluding hydrogens is 441 g/mol. The van der Waals surface area contributed by atoms with Crippen molar-refractivity contribution in [3.05, 3.63) is 52.8 Å². The number of rotatable bonds is 4. The number of ether oxygens (including phenoxy) is 1. The summed E-state index contributed by atoms with van der Waals surface area (Å²) >= 11 is 3.44. The molecule has 0 aliphatic carbocycles. The highest BCUT2D eigenvalue weighted by atomic mass is 79.9. The van der Waals surface area contributed by atoms with E-state index < -0.39 is 17.6 Å². The molecule has 1 N–H and O–H groups in total. The lowest BCUT2D eigenvalue weighted by molar-refractivity contribution is -0.129. The topological polar surface area (TPSA) is 61.9 Å². The van der Waals surface area contributed by atoms with Crippen LogP contribution in [0.1, 0.15) is 6.42 Å². The van der Waals surface area contributed by atoms with Crippen molar-refractivity contribution in [1.29, 1.82) is 0 Å². The van der Waals surface area contributed by atoms with Crippen LogP contribution in [0.5, 0.6) is 0 Å². The van der Waals surface area contributed by atoms with Crippen molar-refractivity contribution in [1.82, 2.24) is 0 Å². The average Bonchev–Trinajstić information content (AvgIpc) is 3.10. The Morgan fingerprint density at radius 3 is 2.59 bits per heavy atom. The molecule has 2 fully saturated rings. The molecule has 0 bridgehead atoms. The van der Waals surface area contributed by atoms with Gasteiger partial charge in [0.1, 0.15) is 11.7 Å². The normalized spacial score (nSPS) is 19.5. The summed E-state index contributed by atoms with van der Waals surface area (Å²) in [6.45, 7) is 2.85. The van der Waals surface area contributed by atoms with E-state index in [1.807, 2.05) is 29.2 Å². The summed E-state index contributed by atoms with van der Waals surface area (Å²) in [5.74, 6) is -1.86. The van der Waals surface area contributed by atoms with Crippen molar-refractivity contribution < 1.29 is 18.7 Å². The zero-order valence-corrected chi connectivity index (χ0v) is 17.3. The fourth-order valence-electron chi connectivity index (χ4n) is 3.71. The summed E-state index contributed by atoms with van der Waals surface area (Å²) in [5.41, 5.74) is 1.58. The van der Waals surface area contributed by atoms with Gasteiger partial charge in [-0.15, -0.1) is 0 Å².